The zero-order chi connectivity index (χ0) is 23.7. The molecule has 0 aromatic heterocycles. The lowest BCUT2D eigenvalue weighted by molar-refractivity contribution is -0.141. The molecular formula is C21H15F9N2. The van der Waals surface area contributed by atoms with Gasteiger partial charge in [-0.2, -0.15) is 39.5 Å². The van der Waals surface area contributed by atoms with Gasteiger partial charge in [0.25, 0.3) is 0 Å². The van der Waals surface area contributed by atoms with Crippen LogP contribution in [0, 0.1) is 12.0 Å². The quantitative estimate of drug-likeness (QED) is 0.383. The van der Waals surface area contributed by atoms with Gasteiger partial charge < -0.3 is 9.80 Å². The summed E-state index contributed by atoms with van der Waals surface area (Å²) in [6.45, 7) is 0.264. The van der Waals surface area contributed by atoms with Gasteiger partial charge in [-0.3, -0.25) is 0 Å². The maximum atomic E-state index is 13.3. The number of hydrogen-bond acceptors (Lipinski definition) is 2. The molecule has 1 heterocycles. The van der Waals surface area contributed by atoms with E-state index in [0.717, 1.165) is 12.1 Å². The smallest absolute Gasteiger partial charge is 0.367 e. The lowest BCUT2D eigenvalue weighted by Gasteiger charge is -2.35. The van der Waals surface area contributed by atoms with Gasteiger partial charge in [-0.15, -0.1) is 0 Å². The van der Waals surface area contributed by atoms with Crippen LogP contribution in [0.3, 0.4) is 0 Å². The maximum Gasteiger partial charge on any atom is 0.418 e. The molecule has 172 valence electrons. The third-order valence-corrected chi connectivity index (χ3v) is 4.82. The first-order valence-electron chi connectivity index (χ1n) is 9.22. The van der Waals surface area contributed by atoms with Crippen molar-refractivity contribution in [1.82, 2.24) is 4.90 Å². The third-order valence-electron chi connectivity index (χ3n) is 4.82. The first kappa shape index (κ1) is 23.6. The van der Waals surface area contributed by atoms with Gasteiger partial charge in [0.2, 0.25) is 0 Å². The van der Waals surface area contributed by atoms with Crippen LogP contribution in [0.15, 0.2) is 42.5 Å². The Morgan fingerprint density at radius 3 is 1.66 bits per heavy atom. The Morgan fingerprint density at radius 2 is 1.16 bits per heavy atom. The minimum absolute atomic E-state index is 0.00786. The highest BCUT2D eigenvalue weighted by Crippen LogP contribution is 2.40. The number of rotatable bonds is 1. The van der Waals surface area contributed by atoms with Crippen LogP contribution in [0.25, 0.3) is 0 Å². The fourth-order valence-electron chi connectivity index (χ4n) is 3.15. The van der Waals surface area contributed by atoms with Crippen molar-refractivity contribution in [1.29, 1.82) is 0 Å². The average molecular weight is 466 g/mol. The summed E-state index contributed by atoms with van der Waals surface area (Å²) >= 11 is 0. The molecule has 2 nitrogen and oxygen atoms in total. The predicted molar refractivity (Wildman–Crippen MR) is 98.6 cm³/mol. The number of anilines is 1. The Hall–Kier alpha value is -3.03. The van der Waals surface area contributed by atoms with Crippen LogP contribution in [0.2, 0.25) is 0 Å². The van der Waals surface area contributed by atoms with Gasteiger partial charge in [-0.05, 0) is 48.4 Å². The Morgan fingerprint density at radius 1 is 0.625 bits per heavy atom. The van der Waals surface area contributed by atoms with E-state index in [1.807, 2.05) is 0 Å². The first-order valence-corrected chi connectivity index (χ1v) is 9.22. The van der Waals surface area contributed by atoms with Crippen molar-refractivity contribution in [3.8, 4) is 12.0 Å². The molecule has 0 unspecified atom stereocenters. The molecule has 0 amide bonds. The second-order valence-electron chi connectivity index (χ2n) is 7.01. The normalized spacial score (nSPS) is 15.4. The molecule has 11 heteroatoms. The maximum absolute atomic E-state index is 13.3. The number of piperazine rings is 1. The average Bonchev–Trinajstić information content (AvgIpc) is 2.70. The standard InChI is InChI=1S/C21H15F9N2/c22-19(23,24)15-3-1-14(2-4-15)7-8-31-9-11-32(12-10-31)18-13-16(20(25,26)27)5-6-17(18)21(28,29)30/h1-6,13H,9-12H2. The number of hydrogen-bond donors (Lipinski definition) is 0. The number of nitrogens with zero attached hydrogens (tertiary/aromatic N) is 2. The third kappa shape index (κ3) is 5.60. The topological polar surface area (TPSA) is 6.48 Å². The van der Waals surface area contributed by atoms with Crippen molar-refractivity contribution in [3.63, 3.8) is 0 Å². The van der Waals surface area contributed by atoms with E-state index in [1.165, 1.54) is 17.0 Å². The van der Waals surface area contributed by atoms with Crippen LogP contribution < -0.4 is 4.90 Å². The Bertz CT molecular complexity index is 1000. The lowest BCUT2D eigenvalue weighted by atomic mass is 10.1. The Balaban J connectivity index is 1.73. The molecule has 1 saturated heterocycles. The molecular weight excluding hydrogens is 451 g/mol. The Kier molecular flexibility index (Phi) is 6.26. The largest absolute Gasteiger partial charge is 0.418 e. The first-order chi connectivity index (χ1) is 14.7. The monoisotopic (exact) mass is 466 g/mol. The zero-order valence-corrected chi connectivity index (χ0v) is 16.2. The number of halogens is 9. The highest BCUT2D eigenvalue weighted by Gasteiger charge is 2.38. The summed E-state index contributed by atoms with van der Waals surface area (Å²) in [5.41, 5.74) is -3.39. The van der Waals surface area contributed by atoms with E-state index in [4.69, 9.17) is 0 Å². The summed E-state index contributed by atoms with van der Waals surface area (Å²) in [5, 5.41) is 0. The lowest BCUT2D eigenvalue weighted by Crippen LogP contribution is -2.45. The molecule has 0 atom stereocenters. The van der Waals surface area contributed by atoms with Crippen LogP contribution in [0.5, 0.6) is 0 Å². The van der Waals surface area contributed by atoms with E-state index < -0.39 is 40.9 Å². The van der Waals surface area contributed by atoms with Crippen molar-refractivity contribution in [2.24, 2.45) is 0 Å². The molecule has 0 bridgehead atoms. The van der Waals surface area contributed by atoms with E-state index in [0.29, 0.717) is 23.8 Å². The van der Waals surface area contributed by atoms with Gasteiger partial charge in [0.15, 0.2) is 0 Å². The molecule has 0 aliphatic carbocycles. The van der Waals surface area contributed by atoms with Crippen molar-refractivity contribution < 1.29 is 39.5 Å². The van der Waals surface area contributed by atoms with Gasteiger partial charge >= 0.3 is 18.5 Å². The second kappa shape index (κ2) is 8.48. The summed E-state index contributed by atoms with van der Waals surface area (Å²) in [5.74, 6) is 2.67. The summed E-state index contributed by atoms with van der Waals surface area (Å²) < 4.78 is 117. The summed E-state index contributed by atoms with van der Waals surface area (Å²) in [7, 11) is 0. The molecule has 2 aromatic carbocycles. The van der Waals surface area contributed by atoms with Crippen molar-refractivity contribution >= 4 is 5.69 Å². The minimum atomic E-state index is -4.82. The molecule has 1 aliphatic heterocycles. The molecule has 0 spiro atoms. The molecule has 1 fully saturated rings. The molecule has 0 N–H and O–H groups in total. The summed E-state index contributed by atoms with van der Waals surface area (Å²) in [4.78, 5) is 2.77. The number of alkyl halides is 9. The minimum Gasteiger partial charge on any atom is -0.367 e. The SMILES string of the molecule is FC(F)(F)c1ccc(C#CN2CCN(c3cc(C(F)(F)F)ccc3C(F)(F)F)CC2)cc1. The van der Waals surface area contributed by atoms with Crippen LogP contribution in [-0.2, 0) is 18.5 Å². The molecule has 0 saturated carbocycles. The van der Waals surface area contributed by atoms with Gasteiger partial charge in [-0.25, -0.2) is 0 Å². The van der Waals surface area contributed by atoms with Crippen LogP contribution in [0.1, 0.15) is 22.3 Å². The summed E-state index contributed by atoms with van der Waals surface area (Å²) in [6.07, 6.45) is -14.1. The van der Waals surface area contributed by atoms with Gasteiger partial charge in [0, 0.05) is 43.5 Å². The second-order valence-corrected chi connectivity index (χ2v) is 7.01. The fraction of sp³-hybridized carbons (Fsp3) is 0.333. The van der Waals surface area contributed by atoms with Crippen molar-refractivity contribution in [2.75, 3.05) is 31.1 Å². The van der Waals surface area contributed by atoms with E-state index in [9.17, 15) is 39.5 Å². The molecule has 1 aliphatic rings. The van der Waals surface area contributed by atoms with E-state index in [-0.39, 0.29) is 26.2 Å². The zero-order valence-electron chi connectivity index (χ0n) is 16.2. The molecule has 2 aromatic rings. The fourth-order valence-corrected chi connectivity index (χ4v) is 3.15. The number of benzene rings is 2. The Labute approximate surface area is 177 Å². The highest BCUT2D eigenvalue weighted by atomic mass is 19.4. The van der Waals surface area contributed by atoms with E-state index >= 15 is 0 Å². The van der Waals surface area contributed by atoms with Crippen molar-refractivity contribution in [3.05, 3.63) is 64.7 Å². The van der Waals surface area contributed by atoms with Crippen LogP contribution >= 0.6 is 0 Å². The van der Waals surface area contributed by atoms with Crippen LogP contribution in [0.4, 0.5) is 45.2 Å². The van der Waals surface area contributed by atoms with Gasteiger partial charge in [0.1, 0.15) is 0 Å². The summed E-state index contributed by atoms with van der Waals surface area (Å²) in [6, 6.07) is 8.20. The van der Waals surface area contributed by atoms with E-state index in [2.05, 4.69) is 12.0 Å². The van der Waals surface area contributed by atoms with Crippen molar-refractivity contribution in [2.45, 2.75) is 18.5 Å². The van der Waals surface area contributed by atoms with Gasteiger partial charge in [0.05, 0.1) is 16.7 Å². The molecule has 0 radical (unpaired) electrons. The van der Waals surface area contributed by atoms with Gasteiger partial charge in [-0.1, -0.05) is 0 Å². The predicted octanol–water partition coefficient (Wildman–Crippen LogP) is 5.87. The highest BCUT2D eigenvalue weighted by molar-refractivity contribution is 5.58. The van der Waals surface area contributed by atoms with E-state index in [1.54, 1.807) is 4.90 Å². The molecule has 32 heavy (non-hydrogen) atoms. The molecule has 3 rings (SSSR count). The van der Waals surface area contributed by atoms with Crippen LogP contribution in [-0.4, -0.2) is 31.1 Å².